The van der Waals surface area contributed by atoms with Crippen molar-refractivity contribution in [3.05, 3.63) is 12.2 Å². The van der Waals surface area contributed by atoms with Crippen molar-refractivity contribution >= 4 is 11.9 Å². The van der Waals surface area contributed by atoms with E-state index in [9.17, 15) is 9.59 Å². The van der Waals surface area contributed by atoms with Gasteiger partial charge in [0.05, 0.1) is 26.2 Å². The van der Waals surface area contributed by atoms with E-state index >= 15 is 0 Å². The Balaban J connectivity index is 1.92. The van der Waals surface area contributed by atoms with Crippen LogP contribution in [-0.2, 0) is 38.0 Å². The zero-order valence-corrected chi connectivity index (χ0v) is 27.9. The lowest BCUT2D eigenvalue weighted by Crippen LogP contribution is -2.58. The molecule has 0 aromatic carbocycles. The fourth-order valence-corrected chi connectivity index (χ4v) is 5.58. The van der Waals surface area contributed by atoms with E-state index in [4.69, 9.17) is 28.4 Å². The highest BCUT2D eigenvalue weighted by molar-refractivity contribution is 5.87. The molecule has 0 bridgehead atoms. The van der Waals surface area contributed by atoms with Crippen molar-refractivity contribution in [3.8, 4) is 0 Å². The van der Waals surface area contributed by atoms with Gasteiger partial charge in [-0.15, -0.1) is 0 Å². The minimum absolute atomic E-state index is 0.244. The molecule has 0 N–H and O–H groups in total. The summed E-state index contributed by atoms with van der Waals surface area (Å²) in [5.41, 5.74) is -2.94. The number of unbranched alkanes of at least 4 members (excludes halogenated alkanes) is 8. The lowest BCUT2D eigenvalue weighted by atomic mass is 9.82. The van der Waals surface area contributed by atoms with Gasteiger partial charge in [-0.3, -0.25) is 4.79 Å². The van der Waals surface area contributed by atoms with Crippen molar-refractivity contribution in [2.45, 2.75) is 168 Å². The van der Waals surface area contributed by atoms with Gasteiger partial charge in [0.15, 0.2) is 17.7 Å². The number of rotatable bonds is 17. The Morgan fingerprint density at radius 1 is 0.833 bits per heavy atom. The molecule has 0 spiro atoms. The normalized spacial score (nSPS) is 24.7. The molecule has 42 heavy (non-hydrogen) atoms. The van der Waals surface area contributed by atoms with E-state index in [0.29, 0.717) is 13.2 Å². The average Bonchev–Trinajstić information content (AvgIpc) is 3.33. The lowest BCUT2D eigenvalue weighted by Gasteiger charge is -2.43. The molecule has 2 unspecified atom stereocenters. The second kappa shape index (κ2) is 17.1. The molecule has 0 aromatic rings. The second-order valence-corrected chi connectivity index (χ2v) is 13.9. The molecule has 2 aliphatic rings. The van der Waals surface area contributed by atoms with Crippen LogP contribution in [0.1, 0.15) is 139 Å². The van der Waals surface area contributed by atoms with Gasteiger partial charge >= 0.3 is 11.9 Å². The van der Waals surface area contributed by atoms with Crippen LogP contribution >= 0.6 is 0 Å². The third kappa shape index (κ3) is 13.0. The topological polar surface area (TPSA) is 89.5 Å². The highest BCUT2D eigenvalue weighted by Gasteiger charge is 2.54. The Morgan fingerprint density at radius 3 is 1.98 bits per heavy atom. The highest BCUT2D eigenvalue weighted by Crippen LogP contribution is 2.37. The molecule has 2 saturated heterocycles. The van der Waals surface area contributed by atoms with Crippen molar-refractivity contribution in [3.63, 3.8) is 0 Å². The molecule has 2 aliphatic heterocycles. The van der Waals surface area contributed by atoms with Gasteiger partial charge in [0.1, 0.15) is 11.2 Å². The zero-order chi connectivity index (χ0) is 31.3. The maximum absolute atomic E-state index is 13.6. The first-order valence-electron chi connectivity index (χ1n) is 16.4. The maximum atomic E-state index is 13.6. The largest absolute Gasteiger partial charge is 0.460 e. The molecule has 0 saturated carbocycles. The van der Waals surface area contributed by atoms with E-state index in [1.165, 1.54) is 25.7 Å². The molecule has 2 rings (SSSR count). The number of hydrogen-bond acceptors (Lipinski definition) is 8. The van der Waals surface area contributed by atoms with Gasteiger partial charge in [0, 0.05) is 18.8 Å². The first-order chi connectivity index (χ1) is 19.7. The first kappa shape index (κ1) is 36.7. The highest BCUT2D eigenvalue weighted by atomic mass is 16.7. The quantitative estimate of drug-likeness (QED) is 0.0954. The van der Waals surface area contributed by atoms with Crippen molar-refractivity contribution in [1.29, 1.82) is 0 Å². The predicted molar refractivity (Wildman–Crippen MR) is 164 cm³/mol. The van der Waals surface area contributed by atoms with Crippen LogP contribution in [0.25, 0.3) is 0 Å². The minimum atomic E-state index is -1.52. The fourth-order valence-electron chi connectivity index (χ4n) is 5.58. The summed E-state index contributed by atoms with van der Waals surface area (Å²) in [6, 6.07) is 0. The number of allylic oxidation sites excluding steroid dienone is 1. The Bertz CT molecular complexity index is 833. The summed E-state index contributed by atoms with van der Waals surface area (Å²) < 4.78 is 35.4. The second-order valence-electron chi connectivity index (χ2n) is 13.9. The smallest absolute Gasteiger partial charge is 0.340 e. The molecule has 0 amide bonds. The Labute approximate surface area is 255 Å². The maximum Gasteiger partial charge on any atom is 0.340 e. The molecular formula is C34H60O8. The third-order valence-electron chi connectivity index (χ3n) is 7.58. The Morgan fingerprint density at radius 2 is 1.40 bits per heavy atom. The summed E-state index contributed by atoms with van der Waals surface area (Å²) in [5.74, 6) is -1.93. The van der Waals surface area contributed by atoms with Crippen LogP contribution in [0.4, 0.5) is 0 Å². The van der Waals surface area contributed by atoms with Gasteiger partial charge in [-0.1, -0.05) is 57.6 Å². The van der Waals surface area contributed by atoms with Crippen molar-refractivity contribution < 1.29 is 38.0 Å². The van der Waals surface area contributed by atoms with Crippen molar-refractivity contribution in [1.82, 2.24) is 0 Å². The van der Waals surface area contributed by atoms with E-state index in [-0.39, 0.29) is 18.8 Å². The number of carbonyl (C=O) groups is 2. The molecule has 2 fully saturated rings. The molecule has 244 valence electrons. The van der Waals surface area contributed by atoms with Crippen LogP contribution in [0.2, 0.25) is 0 Å². The summed E-state index contributed by atoms with van der Waals surface area (Å²) in [4.78, 5) is 26.5. The van der Waals surface area contributed by atoms with Gasteiger partial charge in [0.2, 0.25) is 0 Å². The average molecular weight is 597 g/mol. The number of esters is 2. The third-order valence-corrected chi connectivity index (χ3v) is 7.58. The Hall–Kier alpha value is -1.48. The molecular weight excluding hydrogens is 536 g/mol. The molecule has 3 atom stereocenters. The lowest BCUT2D eigenvalue weighted by molar-refractivity contribution is -0.274. The van der Waals surface area contributed by atoms with Crippen LogP contribution in [0.15, 0.2) is 12.2 Å². The standard InChI is InChI=1S/C34H60O8/c1-9-10-11-15-18-21-33(38-23-24-39-33)22-19-16-13-12-14-17-20-28-26-37-27(2)40-34(28,30(36)42-32(6,7)8)25-29(35)41-31(3,4)5/h17,20,27-28H,9-16,18-19,21-26H2,1-8H3/b20-17+/t27?,28-,34?/m1/s1. The summed E-state index contributed by atoms with van der Waals surface area (Å²) >= 11 is 0. The monoisotopic (exact) mass is 596 g/mol. The molecule has 2 heterocycles. The van der Waals surface area contributed by atoms with E-state index in [0.717, 1.165) is 51.4 Å². The van der Waals surface area contributed by atoms with E-state index < -0.39 is 40.9 Å². The van der Waals surface area contributed by atoms with Crippen molar-refractivity contribution in [2.75, 3.05) is 19.8 Å². The summed E-state index contributed by atoms with van der Waals surface area (Å²) in [5, 5.41) is 0. The Kier molecular flexibility index (Phi) is 15.0. The van der Waals surface area contributed by atoms with E-state index in [1.54, 1.807) is 48.5 Å². The van der Waals surface area contributed by atoms with Gasteiger partial charge < -0.3 is 28.4 Å². The minimum Gasteiger partial charge on any atom is -0.460 e. The van der Waals surface area contributed by atoms with E-state index in [1.807, 2.05) is 6.08 Å². The van der Waals surface area contributed by atoms with Crippen LogP contribution in [-0.4, -0.2) is 60.6 Å². The summed E-state index contributed by atoms with van der Waals surface area (Å²) in [7, 11) is 0. The fraction of sp³-hybridized carbons (Fsp3) is 0.882. The van der Waals surface area contributed by atoms with Gasteiger partial charge in [-0.25, -0.2) is 4.79 Å². The summed E-state index contributed by atoms with van der Waals surface area (Å²) in [6.07, 6.45) is 16.5. The summed E-state index contributed by atoms with van der Waals surface area (Å²) in [6.45, 7) is 16.4. The SMILES string of the molecule is CCCCCCCC1(CCCCCC/C=C/[C@@H]2COC(C)OC2(CC(=O)OC(C)(C)C)C(=O)OC(C)(C)C)OCCO1. The van der Waals surface area contributed by atoms with Gasteiger partial charge in [0.25, 0.3) is 0 Å². The molecule has 8 nitrogen and oxygen atoms in total. The van der Waals surface area contributed by atoms with Crippen LogP contribution in [0.5, 0.6) is 0 Å². The van der Waals surface area contributed by atoms with E-state index in [2.05, 4.69) is 13.0 Å². The molecule has 0 aliphatic carbocycles. The molecule has 8 heteroatoms. The number of hydrogen-bond donors (Lipinski definition) is 0. The van der Waals surface area contributed by atoms with Crippen LogP contribution in [0.3, 0.4) is 0 Å². The van der Waals surface area contributed by atoms with Gasteiger partial charge in [-0.05, 0) is 74.1 Å². The van der Waals surface area contributed by atoms with Gasteiger partial charge in [-0.2, -0.15) is 0 Å². The number of carbonyl (C=O) groups excluding carboxylic acids is 2. The van der Waals surface area contributed by atoms with Crippen molar-refractivity contribution in [2.24, 2.45) is 5.92 Å². The van der Waals surface area contributed by atoms with Crippen LogP contribution in [0, 0.1) is 5.92 Å². The molecule has 0 radical (unpaired) electrons. The first-order valence-corrected chi connectivity index (χ1v) is 16.4. The molecule has 0 aromatic heterocycles. The van der Waals surface area contributed by atoms with Crippen LogP contribution < -0.4 is 0 Å². The predicted octanol–water partition coefficient (Wildman–Crippen LogP) is 7.81. The zero-order valence-electron chi connectivity index (χ0n) is 27.9. The number of ether oxygens (including phenoxy) is 6.